The maximum absolute atomic E-state index is 13.0. The summed E-state index contributed by atoms with van der Waals surface area (Å²) in [5.74, 6) is -0.0141. The molecule has 0 saturated carbocycles. The Bertz CT molecular complexity index is 819. The van der Waals surface area contributed by atoms with E-state index in [9.17, 15) is 9.59 Å². The number of fused-ring (bicyclic) bond motifs is 1. The Kier molecular flexibility index (Phi) is 5.45. The number of nitrogens with one attached hydrogen (secondary N) is 1. The highest BCUT2D eigenvalue weighted by Crippen LogP contribution is 2.35. The molecule has 0 bridgehead atoms. The molecule has 1 N–H and O–H groups in total. The number of rotatable bonds is 3. The standard InChI is InChI=1S/C21H23N3O2S/c25-20-14-19(27-18-9-5-4-8-17(18)22-20)21(26)24-12-10-23(11-13-24)15-16-6-2-1-3-7-16/h1-9,19H,10-15H2,(H,22,25). The molecule has 0 aliphatic carbocycles. The Morgan fingerprint density at radius 3 is 2.48 bits per heavy atom. The summed E-state index contributed by atoms with van der Waals surface area (Å²) in [6.07, 6.45) is 0.225. The maximum atomic E-state index is 13.0. The number of para-hydroxylation sites is 1. The predicted octanol–water partition coefficient (Wildman–Crippen LogP) is 2.83. The summed E-state index contributed by atoms with van der Waals surface area (Å²) in [7, 11) is 0. The van der Waals surface area contributed by atoms with Crippen LogP contribution in [0.1, 0.15) is 12.0 Å². The number of carbonyl (C=O) groups excluding carboxylic acids is 2. The van der Waals surface area contributed by atoms with E-state index >= 15 is 0 Å². The minimum atomic E-state index is -0.352. The molecule has 1 unspecified atom stereocenters. The minimum absolute atomic E-state index is 0.0752. The van der Waals surface area contributed by atoms with Crippen LogP contribution in [0, 0.1) is 0 Å². The van der Waals surface area contributed by atoms with Crippen molar-refractivity contribution in [2.24, 2.45) is 0 Å². The average molecular weight is 382 g/mol. The van der Waals surface area contributed by atoms with Gasteiger partial charge >= 0.3 is 0 Å². The second-order valence-electron chi connectivity index (χ2n) is 6.94. The summed E-state index contributed by atoms with van der Waals surface area (Å²) in [6.45, 7) is 4.07. The molecule has 2 aliphatic heterocycles. The number of piperazine rings is 1. The van der Waals surface area contributed by atoms with Gasteiger partial charge in [-0.05, 0) is 17.7 Å². The summed E-state index contributed by atoms with van der Waals surface area (Å²) in [5, 5.41) is 2.55. The van der Waals surface area contributed by atoms with Crippen molar-refractivity contribution in [2.45, 2.75) is 23.1 Å². The van der Waals surface area contributed by atoms with E-state index in [0.717, 1.165) is 30.2 Å². The number of nitrogens with zero attached hydrogens (tertiary/aromatic N) is 2. The lowest BCUT2D eigenvalue weighted by atomic mass is 10.2. The van der Waals surface area contributed by atoms with E-state index in [2.05, 4.69) is 34.5 Å². The number of amides is 2. The fourth-order valence-corrected chi connectivity index (χ4v) is 4.74. The number of carbonyl (C=O) groups is 2. The monoisotopic (exact) mass is 381 g/mol. The molecule has 2 aliphatic rings. The lowest BCUT2D eigenvalue weighted by Crippen LogP contribution is -2.50. The lowest BCUT2D eigenvalue weighted by Gasteiger charge is -2.36. The number of hydrogen-bond acceptors (Lipinski definition) is 4. The fourth-order valence-electron chi connectivity index (χ4n) is 3.55. The molecule has 5 nitrogen and oxygen atoms in total. The van der Waals surface area contributed by atoms with Crippen LogP contribution in [0.3, 0.4) is 0 Å². The van der Waals surface area contributed by atoms with Crippen molar-refractivity contribution in [2.75, 3.05) is 31.5 Å². The van der Waals surface area contributed by atoms with Crippen LogP contribution < -0.4 is 5.32 Å². The van der Waals surface area contributed by atoms with Crippen molar-refractivity contribution in [3.63, 3.8) is 0 Å². The van der Waals surface area contributed by atoms with Crippen LogP contribution in [0.15, 0.2) is 59.5 Å². The van der Waals surface area contributed by atoms with Gasteiger partial charge in [-0.2, -0.15) is 0 Å². The van der Waals surface area contributed by atoms with Gasteiger partial charge in [-0.25, -0.2) is 0 Å². The van der Waals surface area contributed by atoms with Crippen molar-refractivity contribution >= 4 is 29.3 Å². The predicted molar refractivity (Wildman–Crippen MR) is 108 cm³/mol. The van der Waals surface area contributed by atoms with Gasteiger partial charge in [-0.3, -0.25) is 14.5 Å². The average Bonchev–Trinajstić information content (AvgIpc) is 2.87. The largest absolute Gasteiger partial charge is 0.339 e. The summed E-state index contributed by atoms with van der Waals surface area (Å²) in [4.78, 5) is 30.5. The molecule has 140 valence electrons. The highest BCUT2D eigenvalue weighted by atomic mass is 32.2. The molecule has 0 spiro atoms. The first-order valence-corrected chi connectivity index (χ1v) is 10.2. The van der Waals surface area contributed by atoms with Gasteiger partial charge in [-0.1, -0.05) is 42.5 Å². The first kappa shape index (κ1) is 18.1. The number of hydrogen-bond donors (Lipinski definition) is 1. The highest BCUT2D eigenvalue weighted by Gasteiger charge is 2.32. The smallest absolute Gasteiger partial charge is 0.236 e. The number of thioether (sulfide) groups is 1. The van der Waals surface area contributed by atoms with E-state index in [1.165, 1.54) is 17.3 Å². The van der Waals surface area contributed by atoms with Gasteiger partial charge in [0, 0.05) is 44.0 Å². The van der Waals surface area contributed by atoms with Gasteiger partial charge in [0.15, 0.2) is 0 Å². The van der Waals surface area contributed by atoms with Crippen molar-refractivity contribution in [3.05, 3.63) is 60.2 Å². The summed E-state index contributed by atoms with van der Waals surface area (Å²) in [5.41, 5.74) is 2.10. The first-order valence-electron chi connectivity index (χ1n) is 9.29. The third kappa shape index (κ3) is 4.34. The van der Waals surface area contributed by atoms with E-state index in [0.29, 0.717) is 13.1 Å². The van der Waals surface area contributed by atoms with Gasteiger partial charge in [-0.15, -0.1) is 11.8 Å². The van der Waals surface area contributed by atoms with Crippen LogP contribution >= 0.6 is 11.8 Å². The molecule has 1 atom stereocenters. The number of benzene rings is 2. The Labute approximate surface area is 163 Å². The van der Waals surface area contributed by atoms with Gasteiger partial charge in [0.05, 0.1) is 10.9 Å². The zero-order valence-electron chi connectivity index (χ0n) is 15.1. The molecule has 0 radical (unpaired) electrons. The van der Waals surface area contributed by atoms with E-state index in [1.54, 1.807) is 0 Å². The summed E-state index contributed by atoms with van der Waals surface area (Å²) in [6, 6.07) is 18.1. The van der Waals surface area contributed by atoms with Crippen molar-refractivity contribution in [3.8, 4) is 0 Å². The zero-order valence-corrected chi connectivity index (χ0v) is 16.0. The van der Waals surface area contributed by atoms with E-state index in [4.69, 9.17) is 0 Å². The molecule has 1 saturated heterocycles. The quantitative estimate of drug-likeness (QED) is 0.888. The maximum Gasteiger partial charge on any atom is 0.236 e. The molecule has 1 fully saturated rings. The van der Waals surface area contributed by atoms with Gasteiger partial charge < -0.3 is 10.2 Å². The van der Waals surface area contributed by atoms with E-state index < -0.39 is 0 Å². The van der Waals surface area contributed by atoms with Crippen LogP contribution in [0.5, 0.6) is 0 Å². The minimum Gasteiger partial charge on any atom is -0.339 e. The molecule has 6 heteroatoms. The molecule has 4 rings (SSSR count). The topological polar surface area (TPSA) is 52.7 Å². The van der Waals surface area contributed by atoms with Crippen molar-refractivity contribution in [1.82, 2.24) is 9.80 Å². The molecular weight excluding hydrogens is 358 g/mol. The Morgan fingerprint density at radius 1 is 1.00 bits per heavy atom. The van der Waals surface area contributed by atoms with Gasteiger partial charge in [0.1, 0.15) is 0 Å². The summed E-state index contributed by atoms with van der Waals surface area (Å²) < 4.78 is 0. The molecule has 2 aromatic rings. The molecule has 27 heavy (non-hydrogen) atoms. The molecule has 2 heterocycles. The van der Waals surface area contributed by atoms with Crippen LogP contribution in [0.25, 0.3) is 0 Å². The van der Waals surface area contributed by atoms with Crippen LogP contribution in [0.4, 0.5) is 5.69 Å². The zero-order chi connectivity index (χ0) is 18.6. The normalized spacial score (nSPS) is 20.5. The highest BCUT2D eigenvalue weighted by molar-refractivity contribution is 8.00. The Morgan fingerprint density at radius 2 is 1.70 bits per heavy atom. The third-order valence-electron chi connectivity index (χ3n) is 5.01. The SMILES string of the molecule is O=C1CC(C(=O)N2CCN(Cc3ccccc3)CC2)Sc2ccccc2N1. The van der Waals surface area contributed by atoms with Gasteiger partial charge in [0.2, 0.25) is 11.8 Å². The Balaban J connectivity index is 1.37. The summed E-state index contributed by atoms with van der Waals surface area (Å²) >= 11 is 1.50. The lowest BCUT2D eigenvalue weighted by molar-refractivity contribution is -0.133. The second kappa shape index (κ2) is 8.15. The second-order valence-corrected chi connectivity index (χ2v) is 8.19. The van der Waals surface area contributed by atoms with Crippen LogP contribution in [0.2, 0.25) is 0 Å². The Hall–Kier alpha value is -2.31. The molecule has 2 amide bonds. The number of anilines is 1. The van der Waals surface area contributed by atoms with Crippen molar-refractivity contribution in [1.29, 1.82) is 0 Å². The third-order valence-corrected chi connectivity index (χ3v) is 6.27. The molecular formula is C21H23N3O2S. The van der Waals surface area contributed by atoms with Crippen molar-refractivity contribution < 1.29 is 9.59 Å². The van der Waals surface area contributed by atoms with Crippen LogP contribution in [-0.4, -0.2) is 53.0 Å². The van der Waals surface area contributed by atoms with E-state index in [-0.39, 0.29) is 23.5 Å². The van der Waals surface area contributed by atoms with Crippen LogP contribution in [-0.2, 0) is 16.1 Å². The fraction of sp³-hybridized carbons (Fsp3) is 0.333. The van der Waals surface area contributed by atoms with E-state index in [1.807, 2.05) is 35.2 Å². The van der Waals surface area contributed by atoms with Gasteiger partial charge in [0.25, 0.3) is 0 Å². The molecule has 2 aromatic carbocycles. The molecule has 0 aromatic heterocycles. The first-order chi connectivity index (χ1) is 13.2.